The molecule has 0 aliphatic rings. The van der Waals surface area contributed by atoms with Crippen LogP contribution in [0.1, 0.15) is 18.3 Å². The summed E-state index contributed by atoms with van der Waals surface area (Å²) in [6.07, 6.45) is 3.70. The van der Waals surface area contributed by atoms with Gasteiger partial charge in [-0.25, -0.2) is 0 Å². The number of aromatic nitrogens is 3. The number of nitrogens with zero attached hydrogens (tertiary/aromatic N) is 4. The molecule has 1 aromatic heterocycles. The maximum absolute atomic E-state index is 5.77. The zero-order chi connectivity index (χ0) is 18.2. The summed E-state index contributed by atoms with van der Waals surface area (Å²) in [4.78, 5) is 0. The highest BCUT2D eigenvalue weighted by atomic mass is 32.2. The second-order valence-corrected chi connectivity index (χ2v) is 6.04. The molecular weight excluding hydrogens is 348 g/mol. The molecule has 0 bridgehead atoms. The van der Waals surface area contributed by atoms with Crippen LogP contribution in [0.25, 0.3) is 0 Å². The van der Waals surface area contributed by atoms with Crippen LogP contribution in [-0.2, 0) is 6.61 Å². The van der Waals surface area contributed by atoms with E-state index in [1.807, 2.05) is 67.8 Å². The van der Waals surface area contributed by atoms with E-state index in [1.54, 1.807) is 10.9 Å². The van der Waals surface area contributed by atoms with Gasteiger partial charge in [-0.15, -0.1) is 10.2 Å². The first kappa shape index (κ1) is 18.0. The first-order valence-corrected chi connectivity index (χ1v) is 9.46. The van der Waals surface area contributed by atoms with Crippen molar-refractivity contribution in [2.45, 2.75) is 18.7 Å². The van der Waals surface area contributed by atoms with Crippen LogP contribution in [0.15, 0.2) is 64.9 Å². The fourth-order valence-corrected chi connectivity index (χ4v) is 2.72. The summed E-state index contributed by atoms with van der Waals surface area (Å²) in [5, 5.41) is 13.6. The van der Waals surface area contributed by atoms with Crippen LogP contribution in [0.4, 0.5) is 0 Å². The summed E-state index contributed by atoms with van der Waals surface area (Å²) in [6, 6.07) is 17.4. The quantitative estimate of drug-likeness (QED) is 0.446. The van der Waals surface area contributed by atoms with Crippen LogP contribution in [0.3, 0.4) is 0 Å². The summed E-state index contributed by atoms with van der Waals surface area (Å²) < 4.78 is 13.0. The predicted molar refractivity (Wildman–Crippen MR) is 103 cm³/mol. The Balaban J connectivity index is 1.78. The van der Waals surface area contributed by atoms with Crippen molar-refractivity contribution >= 4 is 18.0 Å². The highest BCUT2D eigenvalue weighted by molar-refractivity contribution is 7.98. The topological polar surface area (TPSA) is 61.5 Å². The van der Waals surface area contributed by atoms with E-state index < -0.39 is 0 Å². The molecule has 26 heavy (non-hydrogen) atoms. The average molecular weight is 368 g/mol. The molecule has 0 fully saturated rings. The molecule has 0 saturated heterocycles. The Morgan fingerprint density at radius 2 is 1.85 bits per heavy atom. The highest BCUT2D eigenvalue weighted by Crippen LogP contribution is 2.17. The molecule has 3 aromatic rings. The molecule has 0 N–H and O–H groups in total. The normalized spacial score (nSPS) is 11.0. The minimum atomic E-state index is 0.286. The van der Waals surface area contributed by atoms with E-state index in [1.165, 1.54) is 11.8 Å². The molecule has 0 saturated carbocycles. The van der Waals surface area contributed by atoms with Crippen molar-refractivity contribution in [3.05, 3.63) is 66.0 Å². The molecule has 7 heteroatoms. The largest absolute Gasteiger partial charge is 0.494 e. The number of benzene rings is 2. The molecule has 6 nitrogen and oxygen atoms in total. The summed E-state index contributed by atoms with van der Waals surface area (Å²) in [7, 11) is 0. The number of para-hydroxylation sites is 1. The van der Waals surface area contributed by atoms with Gasteiger partial charge in [0, 0.05) is 0 Å². The molecule has 0 radical (unpaired) electrons. The van der Waals surface area contributed by atoms with E-state index in [0.29, 0.717) is 17.6 Å². The molecule has 1 heterocycles. The van der Waals surface area contributed by atoms with Gasteiger partial charge in [0.25, 0.3) is 0 Å². The average Bonchev–Trinajstić information content (AvgIpc) is 3.08. The van der Waals surface area contributed by atoms with Crippen molar-refractivity contribution in [2.24, 2.45) is 5.10 Å². The molecule has 0 amide bonds. The third-order valence-electron chi connectivity index (χ3n) is 3.46. The van der Waals surface area contributed by atoms with Crippen LogP contribution in [0.5, 0.6) is 11.5 Å². The minimum Gasteiger partial charge on any atom is -0.494 e. The van der Waals surface area contributed by atoms with Crippen LogP contribution in [0.2, 0.25) is 0 Å². The molecule has 2 aromatic carbocycles. The fourth-order valence-electron chi connectivity index (χ4n) is 2.27. The van der Waals surface area contributed by atoms with Gasteiger partial charge in [-0.05, 0) is 43.0 Å². The molecule has 0 atom stereocenters. The van der Waals surface area contributed by atoms with Gasteiger partial charge < -0.3 is 9.47 Å². The van der Waals surface area contributed by atoms with Crippen molar-refractivity contribution in [1.29, 1.82) is 0 Å². The number of ether oxygens (including phenoxy) is 2. The van der Waals surface area contributed by atoms with Crippen molar-refractivity contribution in [3.8, 4) is 11.5 Å². The molecule has 0 unspecified atom stereocenters. The van der Waals surface area contributed by atoms with Gasteiger partial charge >= 0.3 is 0 Å². The Kier molecular flexibility index (Phi) is 6.27. The third kappa shape index (κ3) is 4.64. The summed E-state index contributed by atoms with van der Waals surface area (Å²) >= 11 is 1.48. The van der Waals surface area contributed by atoms with Crippen molar-refractivity contribution < 1.29 is 9.47 Å². The van der Waals surface area contributed by atoms with Gasteiger partial charge in [0.1, 0.15) is 18.1 Å². The Hall–Kier alpha value is -2.80. The predicted octanol–water partition coefficient (Wildman–Crippen LogP) is 3.86. The van der Waals surface area contributed by atoms with Crippen LogP contribution < -0.4 is 9.47 Å². The summed E-state index contributed by atoms with van der Waals surface area (Å²) in [5.74, 6) is 2.23. The second-order valence-electron chi connectivity index (χ2n) is 5.27. The lowest BCUT2D eigenvalue weighted by Crippen LogP contribution is -2.04. The first-order valence-electron chi connectivity index (χ1n) is 8.23. The van der Waals surface area contributed by atoms with Gasteiger partial charge in [-0.2, -0.15) is 9.78 Å². The van der Waals surface area contributed by atoms with Gasteiger partial charge in [0.05, 0.1) is 12.8 Å². The van der Waals surface area contributed by atoms with E-state index in [9.17, 15) is 0 Å². The van der Waals surface area contributed by atoms with Crippen molar-refractivity contribution in [2.75, 3.05) is 12.9 Å². The van der Waals surface area contributed by atoms with Gasteiger partial charge in [-0.3, -0.25) is 0 Å². The smallest absolute Gasteiger partial charge is 0.211 e. The number of thioether (sulfide) groups is 1. The summed E-state index contributed by atoms with van der Waals surface area (Å²) in [6.45, 7) is 2.87. The van der Waals surface area contributed by atoms with Crippen LogP contribution >= 0.6 is 11.8 Å². The standard InChI is InChI=1S/C19H20N4O2S/c1-3-24-17-11-7-8-15(12-17)13-20-23-18(21-22-19(23)26-2)14-25-16-9-5-4-6-10-16/h4-13H,3,14H2,1-2H3/b20-13-. The lowest BCUT2D eigenvalue weighted by atomic mass is 10.2. The monoisotopic (exact) mass is 368 g/mol. The van der Waals surface area contributed by atoms with E-state index in [0.717, 1.165) is 17.1 Å². The number of hydrogen-bond acceptors (Lipinski definition) is 6. The number of rotatable bonds is 8. The van der Waals surface area contributed by atoms with E-state index in [-0.39, 0.29) is 6.61 Å². The molecule has 3 rings (SSSR count). The van der Waals surface area contributed by atoms with Gasteiger partial charge in [0.15, 0.2) is 5.82 Å². The van der Waals surface area contributed by atoms with Gasteiger partial charge in [0.2, 0.25) is 5.16 Å². The van der Waals surface area contributed by atoms with E-state index in [4.69, 9.17) is 9.47 Å². The van der Waals surface area contributed by atoms with Gasteiger partial charge in [-0.1, -0.05) is 42.1 Å². The first-order chi connectivity index (χ1) is 12.8. The van der Waals surface area contributed by atoms with E-state index in [2.05, 4.69) is 15.3 Å². The van der Waals surface area contributed by atoms with Crippen LogP contribution in [0, 0.1) is 0 Å². The SMILES string of the molecule is CCOc1cccc(/C=N\n2c(COc3ccccc3)nnc2SC)c1. The Labute approximate surface area is 156 Å². The maximum Gasteiger partial charge on any atom is 0.211 e. The molecule has 134 valence electrons. The molecule has 0 spiro atoms. The highest BCUT2D eigenvalue weighted by Gasteiger charge is 2.11. The van der Waals surface area contributed by atoms with Crippen LogP contribution in [-0.4, -0.2) is 34.0 Å². The Morgan fingerprint density at radius 1 is 1.04 bits per heavy atom. The zero-order valence-electron chi connectivity index (χ0n) is 14.7. The molecule has 0 aliphatic carbocycles. The number of hydrogen-bond donors (Lipinski definition) is 0. The molecule has 0 aliphatic heterocycles. The van der Waals surface area contributed by atoms with E-state index >= 15 is 0 Å². The third-order valence-corrected chi connectivity index (χ3v) is 4.08. The fraction of sp³-hybridized carbons (Fsp3) is 0.211. The summed E-state index contributed by atoms with van der Waals surface area (Å²) in [5.41, 5.74) is 0.937. The minimum absolute atomic E-state index is 0.286. The maximum atomic E-state index is 5.77. The lowest BCUT2D eigenvalue weighted by Gasteiger charge is -2.06. The Bertz CT molecular complexity index is 865. The van der Waals surface area contributed by atoms with Crippen molar-refractivity contribution in [1.82, 2.24) is 14.9 Å². The molecular formula is C19H20N4O2S. The zero-order valence-corrected chi connectivity index (χ0v) is 15.5. The Morgan fingerprint density at radius 3 is 2.62 bits per heavy atom. The van der Waals surface area contributed by atoms with Crippen molar-refractivity contribution in [3.63, 3.8) is 0 Å². The lowest BCUT2D eigenvalue weighted by molar-refractivity contribution is 0.290. The second kappa shape index (κ2) is 9.05.